The Kier molecular flexibility index (Phi) is 2.07. The Labute approximate surface area is 87.9 Å². The number of carboxylic acids is 1. The quantitative estimate of drug-likeness (QED) is 0.739. The standard InChI is InChI=1S/C11H13NO3/c1-11(2)6-12-8-5-3-4-7(10(13)14)9(8)15-11/h3-5,12H,6H2,1-2H3,(H,13,14). The number of para-hydroxylation sites is 1. The van der Waals surface area contributed by atoms with E-state index < -0.39 is 5.97 Å². The second-order valence-corrected chi connectivity index (χ2v) is 4.20. The van der Waals surface area contributed by atoms with E-state index in [0.717, 1.165) is 5.69 Å². The highest BCUT2D eigenvalue weighted by Crippen LogP contribution is 2.35. The molecule has 80 valence electrons. The maximum Gasteiger partial charge on any atom is 0.339 e. The highest BCUT2D eigenvalue weighted by molar-refractivity contribution is 5.93. The minimum absolute atomic E-state index is 0.202. The van der Waals surface area contributed by atoms with Crippen molar-refractivity contribution in [1.29, 1.82) is 0 Å². The van der Waals surface area contributed by atoms with Crippen LogP contribution < -0.4 is 10.1 Å². The minimum atomic E-state index is -0.966. The zero-order chi connectivity index (χ0) is 11.1. The molecule has 0 saturated heterocycles. The summed E-state index contributed by atoms with van der Waals surface area (Å²) in [5.74, 6) is -0.535. The molecule has 0 spiro atoms. The van der Waals surface area contributed by atoms with Crippen molar-refractivity contribution < 1.29 is 14.6 Å². The SMILES string of the molecule is CC1(C)CNc2cccc(C(=O)O)c2O1. The van der Waals surface area contributed by atoms with E-state index in [-0.39, 0.29) is 11.2 Å². The van der Waals surface area contributed by atoms with E-state index in [2.05, 4.69) is 5.32 Å². The first-order valence-electron chi connectivity index (χ1n) is 4.79. The zero-order valence-corrected chi connectivity index (χ0v) is 8.70. The molecule has 1 aromatic rings. The van der Waals surface area contributed by atoms with E-state index in [0.29, 0.717) is 12.3 Å². The number of fused-ring (bicyclic) bond motifs is 1. The van der Waals surface area contributed by atoms with Gasteiger partial charge in [0, 0.05) is 0 Å². The van der Waals surface area contributed by atoms with Crippen molar-refractivity contribution in [2.75, 3.05) is 11.9 Å². The first kappa shape index (κ1) is 9.83. The van der Waals surface area contributed by atoms with Crippen LogP contribution in [0.25, 0.3) is 0 Å². The zero-order valence-electron chi connectivity index (χ0n) is 8.70. The molecular weight excluding hydrogens is 194 g/mol. The number of nitrogens with one attached hydrogen (secondary N) is 1. The molecule has 0 amide bonds. The van der Waals surface area contributed by atoms with Gasteiger partial charge >= 0.3 is 5.97 Å². The monoisotopic (exact) mass is 207 g/mol. The maximum atomic E-state index is 11.0. The molecule has 4 heteroatoms. The Morgan fingerprint density at radius 1 is 1.53 bits per heavy atom. The lowest BCUT2D eigenvalue weighted by Crippen LogP contribution is -2.40. The van der Waals surface area contributed by atoms with Crippen LogP contribution in [0, 0.1) is 0 Å². The molecule has 1 aliphatic rings. The van der Waals surface area contributed by atoms with Crippen molar-refractivity contribution in [2.45, 2.75) is 19.4 Å². The van der Waals surface area contributed by atoms with Gasteiger partial charge in [-0.2, -0.15) is 0 Å². The second-order valence-electron chi connectivity index (χ2n) is 4.20. The van der Waals surface area contributed by atoms with Gasteiger partial charge in [-0.1, -0.05) is 6.07 Å². The van der Waals surface area contributed by atoms with Gasteiger partial charge in [-0.3, -0.25) is 0 Å². The van der Waals surface area contributed by atoms with Gasteiger partial charge in [0.15, 0.2) is 5.75 Å². The number of benzene rings is 1. The van der Waals surface area contributed by atoms with Gasteiger partial charge in [-0.15, -0.1) is 0 Å². The predicted molar refractivity (Wildman–Crippen MR) is 56.6 cm³/mol. The molecule has 0 radical (unpaired) electrons. The van der Waals surface area contributed by atoms with Gasteiger partial charge in [-0.05, 0) is 26.0 Å². The first-order chi connectivity index (χ1) is 6.99. The summed E-state index contributed by atoms with van der Waals surface area (Å²) in [5, 5.41) is 12.2. The van der Waals surface area contributed by atoms with Gasteiger partial charge < -0.3 is 15.2 Å². The number of ether oxygens (including phenoxy) is 1. The van der Waals surface area contributed by atoms with E-state index >= 15 is 0 Å². The average molecular weight is 207 g/mol. The van der Waals surface area contributed by atoms with Crippen molar-refractivity contribution in [3.63, 3.8) is 0 Å². The van der Waals surface area contributed by atoms with Crippen LogP contribution in [0.2, 0.25) is 0 Å². The molecule has 1 aromatic carbocycles. The summed E-state index contributed by atoms with van der Waals surface area (Å²) in [6.07, 6.45) is 0. The fourth-order valence-corrected chi connectivity index (χ4v) is 1.58. The number of rotatable bonds is 1. The average Bonchev–Trinajstić information content (AvgIpc) is 2.15. The smallest absolute Gasteiger partial charge is 0.339 e. The van der Waals surface area contributed by atoms with Gasteiger partial charge in [0.1, 0.15) is 11.2 Å². The Hall–Kier alpha value is -1.71. The highest BCUT2D eigenvalue weighted by atomic mass is 16.5. The lowest BCUT2D eigenvalue weighted by atomic mass is 10.1. The van der Waals surface area contributed by atoms with Gasteiger partial charge in [0.25, 0.3) is 0 Å². The largest absolute Gasteiger partial charge is 0.483 e. The van der Waals surface area contributed by atoms with Crippen LogP contribution in [-0.2, 0) is 0 Å². The first-order valence-corrected chi connectivity index (χ1v) is 4.79. The van der Waals surface area contributed by atoms with Crippen molar-refractivity contribution in [3.05, 3.63) is 23.8 Å². The lowest BCUT2D eigenvalue weighted by molar-refractivity contribution is 0.0676. The topological polar surface area (TPSA) is 58.6 Å². The molecule has 1 aliphatic heterocycles. The minimum Gasteiger partial charge on any atom is -0.483 e. The second kappa shape index (κ2) is 3.15. The molecule has 0 atom stereocenters. The fourth-order valence-electron chi connectivity index (χ4n) is 1.58. The third kappa shape index (κ3) is 1.75. The fraction of sp³-hybridized carbons (Fsp3) is 0.364. The molecule has 2 N–H and O–H groups in total. The molecule has 1 heterocycles. The summed E-state index contributed by atoms with van der Waals surface area (Å²) in [5.41, 5.74) is 0.570. The summed E-state index contributed by atoms with van der Waals surface area (Å²) in [7, 11) is 0. The molecule has 0 saturated carbocycles. The Morgan fingerprint density at radius 2 is 2.27 bits per heavy atom. The summed E-state index contributed by atoms with van der Waals surface area (Å²) >= 11 is 0. The third-order valence-electron chi connectivity index (χ3n) is 2.33. The molecule has 0 aromatic heterocycles. The Balaban J connectivity index is 2.50. The lowest BCUT2D eigenvalue weighted by Gasteiger charge is -2.34. The molecule has 0 bridgehead atoms. The summed E-state index contributed by atoms with van der Waals surface area (Å²) in [6.45, 7) is 4.51. The van der Waals surface area contributed by atoms with Gasteiger partial charge in [-0.25, -0.2) is 4.79 Å². The summed E-state index contributed by atoms with van der Waals surface area (Å²) < 4.78 is 5.67. The maximum absolute atomic E-state index is 11.0. The van der Waals surface area contributed by atoms with Crippen LogP contribution in [-0.4, -0.2) is 23.2 Å². The van der Waals surface area contributed by atoms with Crippen molar-refractivity contribution >= 4 is 11.7 Å². The summed E-state index contributed by atoms with van der Waals surface area (Å²) in [4.78, 5) is 11.0. The van der Waals surface area contributed by atoms with E-state index in [1.807, 2.05) is 19.9 Å². The highest BCUT2D eigenvalue weighted by Gasteiger charge is 2.29. The molecule has 15 heavy (non-hydrogen) atoms. The van der Waals surface area contributed by atoms with E-state index in [1.165, 1.54) is 0 Å². The molecule has 0 aliphatic carbocycles. The van der Waals surface area contributed by atoms with Crippen LogP contribution in [0.5, 0.6) is 5.75 Å². The number of hydrogen-bond donors (Lipinski definition) is 2. The van der Waals surface area contributed by atoms with E-state index in [1.54, 1.807) is 12.1 Å². The number of aromatic carboxylic acids is 1. The van der Waals surface area contributed by atoms with Crippen LogP contribution in [0.4, 0.5) is 5.69 Å². The number of anilines is 1. The van der Waals surface area contributed by atoms with Crippen LogP contribution in [0.3, 0.4) is 0 Å². The van der Waals surface area contributed by atoms with Gasteiger partial charge in [0.05, 0.1) is 12.2 Å². The molecule has 2 rings (SSSR count). The Bertz CT molecular complexity index is 412. The molecule has 0 unspecified atom stereocenters. The molecule has 4 nitrogen and oxygen atoms in total. The van der Waals surface area contributed by atoms with Crippen LogP contribution in [0.15, 0.2) is 18.2 Å². The van der Waals surface area contributed by atoms with Crippen molar-refractivity contribution in [3.8, 4) is 5.75 Å². The molecule has 0 fully saturated rings. The van der Waals surface area contributed by atoms with Crippen LogP contribution in [0.1, 0.15) is 24.2 Å². The third-order valence-corrected chi connectivity index (χ3v) is 2.33. The van der Waals surface area contributed by atoms with Crippen LogP contribution >= 0.6 is 0 Å². The van der Waals surface area contributed by atoms with Gasteiger partial charge in [0.2, 0.25) is 0 Å². The van der Waals surface area contributed by atoms with E-state index in [4.69, 9.17) is 9.84 Å². The number of carboxylic acid groups (broad SMARTS) is 1. The molecular formula is C11H13NO3. The number of hydrogen-bond acceptors (Lipinski definition) is 3. The normalized spacial score (nSPS) is 17.2. The van der Waals surface area contributed by atoms with Crippen molar-refractivity contribution in [1.82, 2.24) is 0 Å². The summed E-state index contributed by atoms with van der Waals surface area (Å²) in [6, 6.07) is 5.07. The Morgan fingerprint density at radius 3 is 2.93 bits per heavy atom. The van der Waals surface area contributed by atoms with Crippen molar-refractivity contribution in [2.24, 2.45) is 0 Å². The number of carbonyl (C=O) groups is 1. The predicted octanol–water partition coefficient (Wildman–Crippen LogP) is 1.97. The van der Waals surface area contributed by atoms with E-state index in [9.17, 15) is 4.79 Å².